The van der Waals surface area contributed by atoms with E-state index in [9.17, 15) is 32.7 Å². The number of unbranched alkanes of at least 4 members (excludes halogenated alkanes) is 1. The van der Waals surface area contributed by atoms with Crippen LogP contribution in [-0.2, 0) is 9.47 Å². The van der Waals surface area contributed by atoms with E-state index in [2.05, 4.69) is 26.5 Å². The molecule has 14 nitrogen and oxygen atoms in total. The molecule has 2 aliphatic carbocycles. The van der Waals surface area contributed by atoms with Gasteiger partial charge in [-0.15, -0.1) is 0 Å². The molecule has 19 heteroatoms. The molecule has 12 rings (SSSR count). The van der Waals surface area contributed by atoms with Crippen LogP contribution in [0.1, 0.15) is 152 Å². The van der Waals surface area contributed by atoms with Gasteiger partial charge in [-0.05, 0) is 166 Å². The van der Waals surface area contributed by atoms with Gasteiger partial charge < -0.3 is 25.0 Å². The van der Waals surface area contributed by atoms with Crippen LogP contribution in [0.15, 0.2) is 127 Å². The van der Waals surface area contributed by atoms with Crippen molar-refractivity contribution in [1.82, 2.24) is 29.9 Å². The number of carbonyl (C=O) groups is 3. The molecule has 1 aliphatic heterocycles. The Bertz CT molecular complexity index is 3730. The summed E-state index contributed by atoms with van der Waals surface area (Å²) in [6.45, 7) is 4.25. The number of rotatable bonds is 11. The average Bonchev–Trinajstić information content (AvgIpc) is 2.54. The van der Waals surface area contributed by atoms with Gasteiger partial charge in [-0.2, -0.15) is 0 Å². The number of anilines is 1. The number of nitrogens with zero attached hydrogens (tertiary/aromatic N) is 7. The Labute approximate surface area is 525 Å². The van der Waals surface area contributed by atoms with Gasteiger partial charge in [0.25, 0.3) is 0 Å². The van der Waals surface area contributed by atoms with Crippen molar-refractivity contribution in [3.05, 3.63) is 172 Å². The van der Waals surface area contributed by atoms with E-state index in [1.54, 1.807) is 78.9 Å². The summed E-state index contributed by atoms with van der Waals surface area (Å²) in [5.41, 5.74) is 9.96. The molecule has 0 unspecified atom stereocenters. The minimum absolute atomic E-state index is 0. The molecular weight excluding hydrogens is 1130 g/mol. The Morgan fingerprint density at radius 2 is 0.942 bits per heavy atom. The van der Waals surface area contributed by atoms with Crippen LogP contribution in [0.5, 0.6) is 0 Å². The van der Waals surface area contributed by atoms with Crippen molar-refractivity contribution < 1.29 is 77.2 Å². The van der Waals surface area contributed by atoms with Gasteiger partial charge in [-0.25, -0.2) is 57.5 Å². The average molecular weight is 1200 g/mol. The summed E-state index contributed by atoms with van der Waals surface area (Å²) in [7, 11) is 1.31. The first-order valence-electron chi connectivity index (χ1n) is 29.0. The standard InChI is InChI=1S/C25H27FN2O2.C20H18FN3O2.C16H10ClFN2O2.C6H12.Na.H2O/c1-2-3-15-30-25(29)19-11-14-21-22(16-19)28-23(17-7-5-4-6-8-17)24(27-21)18-9-12-20(26)13-10-18;21-15-7-4-13(5-8-15)18-19(24-10-2-1-3-11-24)23-17-12-14(20(25)26)6-9-16(17)22-18;1-22-16(21)10-4-7-12-13(8-10)20-15(17)14(19-12)9-2-5-11(18)6-3-9;1-2-4-6-5-3-1;;/h9-14,16-17H,2-8,15H2,1H3;4-9,12H,1-3,10-11H2,(H,25,26);2-8H,1H3;1-6H2;;1H2/q;;;;+1;/p-1. The number of halogens is 4. The first-order chi connectivity index (χ1) is 40.8. The number of methoxy groups -OCH3 is 1. The second-order valence-electron chi connectivity index (χ2n) is 21.1. The zero-order valence-electron chi connectivity index (χ0n) is 48.7. The molecule has 4 heterocycles. The van der Waals surface area contributed by atoms with Crippen LogP contribution < -0.4 is 34.5 Å². The normalized spacial score (nSPS) is 14.0. The van der Waals surface area contributed by atoms with Crippen molar-refractivity contribution in [3.63, 3.8) is 0 Å². The molecule has 86 heavy (non-hydrogen) atoms. The Balaban J connectivity index is 0.000000175. The second kappa shape index (κ2) is 32.4. The number of aromatic carboxylic acids is 1. The van der Waals surface area contributed by atoms with Crippen LogP contribution in [0, 0.1) is 17.5 Å². The van der Waals surface area contributed by atoms with E-state index in [0.717, 1.165) is 85.5 Å². The van der Waals surface area contributed by atoms with Gasteiger partial charge in [0.15, 0.2) is 11.0 Å². The summed E-state index contributed by atoms with van der Waals surface area (Å²) in [6, 6.07) is 33.4. The van der Waals surface area contributed by atoms with Crippen molar-refractivity contribution in [2.24, 2.45) is 0 Å². The molecule has 3 aromatic heterocycles. The van der Waals surface area contributed by atoms with Crippen LogP contribution in [0.3, 0.4) is 0 Å². The van der Waals surface area contributed by atoms with Gasteiger partial charge in [-0.1, -0.05) is 82.7 Å². The third-order valence-electron chi connectivity index (χ3n) is 15.1. The molecule has 0 atom stereocenters. The molecule has 1 saturated heterocycles. The number of aromatic nitrogens is 6. The van der Waals surface area contributed by atoms with Crippen molar-refractivity contribution in [2.45, 2.75) is 116 Å². The quantitative estimate of drug-likeness (QED) is 0.0728. The van der Waals surface area contributed by atoms with Gasteiger partial charge in [0.2, 0.25) is 0 Å². The number of piperidine rings is 1. The van der Waals surface area contributed by atoms with E-state index in [0.29, 0.717) is 68.2 Å². The minimum Gasteiger partial charge on any atom is -0.870 e. The van der Waals surface area contributed by atoms with Gasteiger partial charge in [0, 0.05) is 35.7 Å². The van der Waals surface area contributed by atoms with Crippen LogP contribution in [0.25, 0.3) is 66.9 Å². The van der Waals surface area contributed by atoms with Crippen LogP contribution in [-0.4, -0.2) is 85.2 Å². The number of hydrogen-bond acceptors (Lipinski definition) is 13. The van der Waals surface area contributed by atoms with Crippen molar-refractivity contribution in [2.75, 3.05) is 31.7 Å². The Morgan fingerprint density at radius 3 is 1.45 bits per heavy atom. The summed E-state index contributed by atoms with van der Waals surface area (Å²) in [5.74, 6) is -1.61. The summed E-state index contributed by atoms with van der Waals surface area (Å²) in [6.07, 6.45) is 19.9. The number of esters is 2. The predicted molar refractivity (Wildman–Crippen MR) is 325 cm³/mol. The minimum atomic E-state index is -0.990. The molecule has 2 saturated carbocycles. The number of carboxylic acid groups (broad SMARTS) is 1. The van der Waals surface area contributed by atoms with Gasteiger partial charge in [0.1, 0.15) is 28.8 Å². The Morgan fingerprint density at radius 1 is 0.523 bits per heavy atom. The summed E-state index contributed by atoms with van der Waals surface area (Å²) in [4.78, 5) is 65.4. The largest absolute Gasteiger partial charge is 1.00 e. The Hall–Kier alpha value is -7.41. The third kappa shape index (κ3) is 17.4. The number of carboxylic acids is 1. The third-order valence-corrected chi connectivity index (χ3v) is 15.4. The molecule has 3 aliphatic rings. The molecule has 0 amide bonds. The maximum atomic E-state index is 13.5. The van der Waals surface area contributed by atoms with Crippen LogP contribution >= 0.6 is 11.6 Å². The Kier molecular flexibility index (Phi) is 24.9. The van der Waals surface area contributed by atoms with Crippen molar-refractivity contribution in [1.29, 1.82) is 0 Å². The molecule has 9 aromatic rings. The fraction of sp³-hybridized carbons (Fsp3) is 0.328. The molecule has 442 valence electrons. The smallest absolute Gasteiger partial charge is 0.870 e. The number of benzene rings is 6. The first-order valence-corrected chi connectivity index (χ1v) is 29.4. The second-order valence-corrected chi connectivity index (χ2v) is 21.5. The van der Waals surface area contributed by atoms with Crippen molar-refractivity contribution in [3.8, 4) is 33.8 Å². The van der Waals surface area contributed by atoms with E-state index < -0.39 is 11.9 Å². The molecule has 0 bridgehead atoms. The summed E-state index contributed by atoms with van der Waals surface area (Å²) >= 11 is 6.16. The maximum absolute atomic E-state index is 13.5. The molecule has 0 radical (unpaired) electrons. The van der Waals surface area contributed by atoms with Crippen LogP contribution in [0.4, 0.5) is 19.0 Å². The van der Waals surface area contributed by atoms with E-state index in [-0.39, 0.29) is 69.2 Å². The zero-order valence-corrected chi connectivity index (χ0v) is 51.5. The molecule has 2 N–H and O–H groups in total. The van der Waals surface area contributed by atoms with E-state index >= 15 is 0 Å². The number of fused-ring (bicyclic) bond motifs is 3. The van der Waals surface area contributed by atoms with Gasteiger partial charge >= 0.3 is 47.5 Å². The van der Waals surface area contributed by atoms with Crippen LogP contribution in [0.2, 0.25) is 5.15 Å². The van der Waals surface area contributed by atoms with E-state index in [1.807, 2.05) is 6.07 Å². The predicted octanol–water partition coefficient (Wildman–Crippen LogP) is 13.6. The van der Waals surface area contributed by atoms with E-state index in [4.69, 9.17) is 36.3 Å². The molecule has 6 aromatic carbocycles. The number of ether oxygens (including phenoxy) is 2. The maximum Gasteiger partial charge on any atom is 1.00 e. The first kappa shape index (κ1) is 66.1. The molecule has 0 spiro atoms. The summed E-state index contributed by atoms with van der Waals surface area (Å²) < 4.78 is 49.8. The SMILES string of the molecule is C1CCCCC1.CCCCOC(=O)c1ccc2nc(-c3ccc(F)cc3)c(C3CCCCC3)nc2c1.COC(=O)c1ccc2nc(-c3ccc(F)cc3)c(Cl)nc2c1.O=C(O)c1ccc2nc(-c3ccc(F)cc3)c(N3CCCCC3)nc2c1.[Na+].[OH-]. The molecular formula is C67H68ClF3N7NaO7. The zero-order chi connectivity index (χ0) is 59.0. The fourth-order valence-electron chi connectivity index (χ4n) is 10.5. The fourth-order valence-corrected chi connectivity index (χ4v) is 10.7. The van der Waals surface area contributed by atoms with Gasteiger partial charge in [0.05, 0.1) is 74.9 Å². The topological polar surface area (TPSA) is 200 Å². The van der Waals surface area contributed by atoms with Gasteiger partial charge in [-0.3, -0.25) is 0 Å². The van der Waals surface area contributed by atoms with Crippen molar-refractivity contribution >= 4 is 68.4 Å². The van der Waals surface area contributed by atoms with E-state index in [1.165, 1.54) is 114 Å². The molecule has 3 fully saturated rings. The summed E-state index contributed by atoms with van der Waals surface area (Å²) in [5, 5.41) is 9.41. The monoisotopic (exact) mass is 1200 g/mol. The number of carbonyl (C=O) groups excluding carboxylic acids is 2. The number of hydrogen-bond donors (Lipinski definition) is 1.